The molecule has 3 nitrogen and oxygen atoms in total. The van der Waals surface area contributed by atoms with Gasteiger partial charge in [-0.05, 0) is 44.8 Å². The summed E-state index contributed by atoms with van der Waals surface area (Å²) in [6, 6.07) is 13.0. The summed E-state index contributed by atoms with van der Waals surface area (Å²) in [5.41, 5.74) is 8.58. The third kappa shape index (κ3) is 2.60. The molecule has 0 saturated heterocycles. The largest absolute Gasteiger partial charge is 0.392 e. The molecule has 0 aliphatic rings. The lowest BCUT2D eigenvalue weighted by atomic mass is 10.0. The van der Waals surface area contributed by atoms with Crippen LogP contribution < -0.4 is 5.73 Å². The summed E-state index contributed by atoms with van der Waals surface area (Å²) in [5.74, 6) is -0.455. The van der Waals surface area contributed by atoms with Crippen molar-refractivity contribution in [3.63, 3.8) is 0 Å². The standard InChI is InChI=1S/C14H12BrNO2/c15-13-7-11(5-6-12(13)14(16)18)10-3-1-9(8-17)2-4-10/h1-7,17H,8H2,(H2,16,18). The molecule has 0 heterocycles. The first kappa shape index (κ1) is 12.8. The average Bonchev–Trinajstić information content (AvgIpc) is 2.38. The van der Waals surface area contributed by atoms with Gasteiger partial charge in [-0.15, -0.1) is 0 Å². The third-order valence-corrected chi connectivity index (χ3v) is 3.36. The summed E-state index contributed by atoms with van der Waals surface area (Å²) in [5, 5.41) is 8.98. The SMILES string of the molecule is NC(=O)c1ccc(-c2ccc(CO)cc2)cc1Br. The molecular weight excluding hydrogens is 294 g/mol. The normalized spacial score (nSPS) is 10.3. The van der Waals surface area contributed by atoms with Gasteiger partial charge in [-0.25, -0.2) is 0 Å². The number of primary amides is 1. The van der Waals surface area contributed by atoms with Crippen LogP contribution in [0.1, 0.15) is 15.9 Å². The predicted octanol–water partition coefficient (Wildman–Crippen LogP) is 2.71. The molecule has 0 aromatic heterocycles. The van der Waals surface area contributed by atoms with Crippen molar-refractivity contribution in [3.8, 4) is 11.1 Å². The summed E-state index contributed by atoms with van der Waals surface area (Å²) >= 11 is 3.33. The maximum absolute atomic E-state index is 11.1. The van der Waals surface area contributed by atoms with Crippen LogP contribution in [0.2, 0.25) is 0 Å². The van der Waals surface area contributed by atoms with Crippen LogP contribution in [0.4, 0.5) is 0 Å². The summed E-state index contributed by atoms with van der Waals surface area (Å²) < 4.78 is 0.679. The number of carbonyl (C=O) groups is 1. The van der Waals surface area contributed by atoms with Crippen molar-refractivity contribution in [2.45, 2.75) is 6.61 Å². The van der Waals surface area contributed by atoms with Crippen molar-refractivity contribution in [2.75, 3.05) is 0 Å². The number of amides is 1. The minimum Gasteiger partial charge on any atom is -0.392 e. The summed E-state index contributed by atoms with van der Waals surface area (Å²) in [7, 11) is 0. The molecule has 3 N–H and O–H groups in total. The zero-order chi connectivity index (χ0) is 13.1. The second-order valence-corrected chi connectivity index (χ2v) is 4.77. The van der Waals surface area contributed by atoms with Crippen molar-refractivity contribution in [2.24, 2.45) is 5.73 Å². The lowest BCUT2D eigenvalue weighted by Crippen LogP contribution is -2.11. The van der Waals surface area contributed by atoms with Gasteiger partial charge in [0.15, 0.2) is 0 Å². The van der Waals surface area contributed by atoms with Gasteiger partial charge in [-0.3, -0.25) is 4.79 Å². The number of hydrogen-bond acceptors (Lipinski definition) is 2. The maximum Gasteiger partial charge on any atom is 0.249 e. The van der Waals surface area contributed by atoms with Crippen molar-refractivity contribution in [1.29, 1.82) is 0 Å². The Labute approximate surface area is 113 Å². The fourth-order valence-electron chi connectivity index (χ4n) is 1.70. The lowest BCUT2D eigenvalue weighted by molar-refractivity contribution is 0.0999. The van der Waals surface area contributed by atoms with E-state index in [1.165, 1.54) is 0 Å². The van der Waals surface area contributed by atoms with Crippen LogP contribution in [0.25, 0.3) is 11.1 Å². The molecule has 2 aromatic carbocycles. The molecule has 0 bridgehead atoms. The fraction of sp³-hybridized carbons (Fsp3) is 0.0714. The van der Waals surface area contributed by atoms with Crippen LogP contribution in [0.15, 0.2) is 46.9 Å². The van der Waals surface area contributed by atoms with E-state index < -0.39 is 5.91 Å². The van der Waals surface area contributed by atoms with E-state index in [1.54, 1.807) is 6.07 Å². The second kappa shape index (κ2) is 5.33. The first-order chi connectivity index (χ1) is 8.61. The Morgan fingerprint density at radius 1 is 1.11 bits per heavy atom. The molecule has 0 aliphatic carbocycles. The average molecular weight is 306 g/mol. The smallest absolute Gasteiger partial charge is 0.249 e. The van der Waals surface area contributed by atoms with Crippen molar-refractivity contribution in [3.05, 3.63) is 58.1 Å². The Morgan fingerprint density at radius 3 is 2.22 bits per heavy atom. The van der Waals surface area contributed by atoms with Gasteiger partial charge < -0.3 is 10.8 Å². The topological polar surface area (TPSA) is 63.3 Å². The van der Waals surface area contributed by atoms with Crippen LogP contribution in [0, 0.1) is 0 Å². The molecule has 92 valence electrons. The van der Waals surface area contributed by atoms with E-state index in [0.29, 0.717) is 10.0 Å². The number of rotatable bonds is 3. The van der Waals surface area contributed by atoms with E-state index in [9.17, 15) is 4.79 Å². The maximum atomic E-state index is 11.1. The van der Waals surface area contributed by atoms with E-state index in [0.717, 1.165) is 16.7 Å². The van der Waals surface area contributed by atoms with Gasteiger partial charge in [0.25, 0.3) is 0 Å². The highest BCUT2D eigenvalue weighted by atomic mass is 79.9. The second-order valence-electron chi connectivity index (χ2n) is 3.91. The van der Waals surface area contributed by atoms with Gasteiger partial charge in [-0.1, -0.05) is 30.3 Å². The lowest BCUT2D eigenvalue weighted by Gasteiger charge is -2.06. The van der Waals surface area contributed by atoms with Crippen molar-refractivity contribution in [1.82, 2.24) is 0 Å². The Hall–Kier alpha value is -1.65. The monoisotopic (exact) mass is 305 g/mol. The number of aliphatic hydroxyl groups is 1. The number of halogens is 1. The zero-order valence-electron chi connectivity index (χ0n) is 9.56. The Morgan fingerprint density at radius 2 is 1.72 bits per heavy atom. The summed E-state index contributed by atoms with van der Waals surface area (Å²) in [6.45, 7) is 0.0323. The van der Waals surface area contributed by atoms with E-state index in [1.807, 2.05) is 36.4 Å². The van der Waals surface area contributed by atoms with Gasteiger partial charge in [0.2, 0.25) is 5.91 Å². The van der Waals surface area contributed by atoms with Crippen LogP contribution in [0.3, 0.4) is 0 Å². The Balaban J connectivity index is 2.39. The van der Waals surface area contributed by atoms with E-state index >= 15 is 0 Å². The highest BCUT2D eigenvalue weighted by molar-refractivity contribution is 9.10. The van der Waals surface area contributed by atoms with Crippen LogP contribution in [-0.2, 0) is 6.61 Å². The number of benzene rings is 2. The first-order valence-corrected chi connectivity index (χ1v) is 6.20. The highest BCUT2D eigenvalue weighted by Gasteiger charge is 2.07. The molecule has 0 radical (unpaired) electrons. The molecule has 4 heteroatoms. The quantitative estimate of drug-likeness (QED) is 0.916. The minimum absolute atomic E-state index is 0.0323. The summed E-state index contributed by atoms with van der Waals surface area (Å²) in [4.78, 5) is 11.1. The van der Waals surface area contributed by atoms with Crippen molar-refractivity contribution < 1.29 is 9.90 Å². The van der Waals surface area contributed by atoms with Crippen LogP contribution in [-0.4, -0.2) is 11.0 Å². The van der Waals surface area contributed by atoms with Crippen molar-refractivity contribution >= 4 is 21.8 Å². The van der Waals surface area contributed by atoms with Gasteiger partial charge in [0.05, 0.1) is 12.2 Å². The molecule has 0 aliphatic heterocycles. The number of carbonyl (C=O) groups excluding carboxylic acids is 1. The zero-order valence-corrected chi connectivity index (χ0v) is 11.1. The molecule has 18 heavy (non-hydrogen) atoms. The Kier molecular flexibility index (Phi) is 3.79. The highest BCUT2D eigenvalue weighted by Crippen LogP contribution is 2.26. The molecule has 0 spiro atoms. The van der Waals surface area contributed by atoms with Crippen LogP contribution >= 0.6 is 15.9 Å². The van der Waals surface area contributed by atoms with E-state index in [-0.39, 0.29) is 6.61 Å². The molecule has 0 fully saturated rings. The van der Waals surface area contributed by atoms with E-state index in [4.69, 9.17) is 10.8 Å². The summed E-state index contributed by atoms with van der Waals surface area (Å²) in [6.07, 6.45) is 0. The minimum atomic E-state index is -0.455. The molecule has 1 amide bonds. The number of aliphatic hydroxyl groups excluding tert-OH is 1. The number of nitrogens with two attached hydrogens (primary N) is 1. The third-order valence-electron chi connectivity index (χ3n) is 2.70. The van der Waals surface area contributed by atoms with Gasteiger partial charge in [0, 0.05) is 4.47 Å². The Bertz CT molecular complexity index is 579. The van der Waals surface area contributed by atoms with E-state index in [2.05, 4.69) is 15.9 Å². The molecule has 2 aromatic rings. The van der Waals surface area contributed by atoms with Gasteiger partial charge >= 0.3 is 0 Å². The van der Waals surface area contributed by atoms with Gasteiger partial charge in [0.1, 0.15) is 0 Å². The molecule has 0 atom stereocenters. The molecule has 0 saturated carbocycles. The molecule has 2 rings (SSSR count). The predicted molar refractivity (Wildman–Crippen MR) is 74.0 cm³/mol. The van der Waals surface area contributed by atoms with Crippen LogP contribution in [0.5, 0.6) is 0 Å². The molecular formula is C14H12BrNO2. The first-order valence-electron chi connectivity index (χ1n) is 5.41. The molecule has 0 unspecified atom stereocenters. The van der Waals surface area contributed by atoms with Gasteiger partial charge in [-0.2, -0.15) is 0 Å². The number of hydrogen-bond donors (Lipinski definition) is 2. The fourth-order valence-corrected chi connectivity index (χ4v) is 2.27.